The summed E-state index contributed by atoms with van der Waals surface area (Å²) < 4.78 is 18.4. The number of thioether (sulfide) groups is 1. The molecule has 0 aliphatic carbocycles. The number of benzene rings is 2. The lowest BCUT2D eigenvalue weighted by atomic mass is 10.2. The molecule has 0 bridgehead atoms. The van der Waals surface area contributed by atoms with Crippen LogP contribution >= 0.6 is 11.8 Å². The molecular weight excluding hydrogens is 445 g/mol. The number of hydrogen-bond donors (Lipinski definition) is 1. The first-order valence-corrected chi connectivity index (χ1v) is 11.0. The molecule has 4 rings (SSSR count). The fourth-order valence-electron chi connectivity index (χ4n) is 3.32. The third-order valence-corrected chi connectivity index (χ3v) is 6.30. The van der Waals surface area contributed by atoms with Gasteiger partial charge in [-0.05, 0) is 61.0 Å². The van der Waals surface area contributed by atoms with E-state index in [4.69, 9.17) is 0 Å². The van der Waals surface area contributed by atoms with Gasteiger partial charge < -0.3 is 5.32 Å². The van der Waals surface area contributed by atoms with Gasteiger partial charge in [0.25, 0.3) is 5.56 Å². The van der Waals surface area contributed by atoms with Crippen LogP contribution in [0.4, 0.5) is 10.1 Å². The lowest BCUT2D eigenvalue weighted by molar-refractivity contribution is -0.115. The summed E-state index contributed by atoms with van der Waals surface area (Å²) in [5.74, 6) is -0.740. The summed E-state index contributed by atoms with van der Waals surface area (Å²) in [6, 6.07) is 13.7. The van der Waals surface area contributed by atoms with Crippen molar-refractivity contribution in [2.75, 3.05) is 5.32 Å². The molecule has 33 heavy (non-hydrogen) atoms. The maximum atomic E-state index is 13.8. The zero-order valence-electron chi connectivity index (χ0n) is 18.5. The second kappa shape index (κ2) is 9.02. The highest BCUT2D eigenvalue weighted by atomic mass is 32.2. The number of aromatic nitrogens is 6. The van der Waals surface area contributed by atoms with Crippen LogP contribution in [0.2, 0.25) is 0 Å². The fourth-order valence-corrected chi connectivity index (χ4v) is 4.11. The number of aryl methyl sites for hydroxylation is 1. The summed E-state index contributed by atoms with van der Waals surface area (Å²) in [6.45, 7) is 5.13. The van der Waals surface area contributed by atoms with Crippen LogP contribution in [-0.4, -0.2) is 40.7 Å². The quantitative estimate of drug-likeness (QED) is 0.438. The van der Waals surface area contributed by atoms with Crippen molar-refractivity contribution in [3.8, 4) is 11.4 Å². The van der Waals surface area contributed by atoms with Gasteiger partial charge in [0.05, 0.1) is 16.6 Å². The van der Waals surface area contributed by atoms with E-state index in [-0.39, 0.29) is 11.5 Å². The van der Waals surface area contributed by atoms with Gasteiger partial charge in [-0.2, -0.15) is 4.68 Å². The normalized spacial score (nSPS) is 12.0. The summed E-state index contributed by atoms with van der Waals surface area (Å²) >= 11 is 1.10. The van der Waals surface area contributed by atoms with E-state index >= 15 is 0 Å². The Labute approximate surface area is 193 Å². The Morgan fingerprint density at radius 3 is 2.58 bits per heavy atom. The zero-order valence-corrected chi connectivity index (χ0v) is 19.3. The molecule has 0 aliphatic heterocycles. The number of nitrogens with one attached hydrogen (secondary N) is 1. The molecule has 0 saturated carbocycles. The highest BCUT2D eigenvalue weighted by molar-refractivity contribution is 8.00. The molecule has 170 valence electrons. The van der Waals surface area contributed by atoms with Gasteiger partial charge >= 0.3 is 0 Å². The highest BCUT2D eigenvalue weighted by Gasteiger charge is 2.25. The average Bonchev–Trinajstić information content (AvgIpc) is 3.32. The summed E-state index contributed by atoms with van der Waals surface area (Å²) in [4.78, 5) is 25.9. The Hall–Kier alpha value is -3.73. The Kier molecular flexibility index (Phi) is 6.14. The van der Waals surface area contributed by atoms with Gasteiger partial charge in [-0.15, -0.1) is 5.10 Å². The molecule has 0 aliphatic rings. The minimum Gasteiger partial charge on any atom is -0.325 e. The van der Waals surface area contributed by atoms with E-state index in [9.17, 15) is 14.0 Å². The molecule has 2 aromatic heterocycles. The van der Waals surface area contributed by atoms with Crippen LogP contribution in [0, 0.1) is 19.7 Å². The number of hydrogen-bond acceptors (Lipinski definition) is 6. The number of rotatable bonds is 6. The Balaban J connectivity index is 1.60. The van der Waals surface area contributed by atoms with Gasteiger partial charge in [0, 0.05) is 12.7 Å². The van der Waals surface area contributed by atoms with E-state index in [1.54, 1.807) is 44.6 Å². The molecule has 1 unspecified atom stereocenters. The standard InChI is InChI=1S/C22H22FN7O2S/c1-13-10-11-16(12-18(13)23)24-20(31)15(3)33-22-25-26-27-29(22)19-14(2)28(4)30(21(19)32)17-8-6-5-7-9-17/h5-12,15H,1-4H3,(H,24,31). The van der Waals surface area contributed by atoms with Crippen molar-refractivity contribution in [3.63, 3.8) is 0 Å². The van der Waals surface area contributed by atoms with Crippen molar-refractivity contribution < 1.29 is 9.18 Å². The van der Waals surface area contributed by atoms with Gasteiger partial charge in [-0.3, -0.25) is 14.3 Å². The van der Waals surface area contributed by atoms with Crippen molar-refractivity contribution in [2.24, 2.45) is 7.05 Å². The van der Waals surface area contributed by atoms with E-state index in [1.165, 1.54) is 15.4 Å². The van der Waals surface area contributed by atoms with Crippen LogP contribution < -0.4 is 10.9 Å². The molecule has 11 heteroatoms. The average molecular weight is 468 g/mol. The van der Waals surface area contributed by atoms with Gasteiger partial charge in [-0.1, -0.05) is 36.0 Å². The van der Waals surface area contributed by atoms with E-state index in [2.05, 4.69) is 20.8 Å². The molecule has 0 saturated heterocycles. The minimum absolute atomic E-state index is 0.289. The molecule has 1 amide bonds. The number of tetrazole rings is 1. The van der Waals surface area contributed by atoms with Crippen LogP contribution in [0.25, 0.3) is 11.4 Å². The summed E-state index contributed by atoms with van der Waals surface area (Å²) in [5, 5.41) is 14.1. The summed E-state index contributed by atoms with van der Waals surface area (Å²) in [7, 11) is 1.78. The smallest absolute Gasteiger partial charge is 0.297 e. The molecule has 0 spiro atoms. The van der Waals surface area contributed by atoms with Crippen LogP contribution in [0.15, 0.2) is 58.5 Å². The summed E-state index contributed by atoms with van der Waals surface area (Å²) in [6.07, 6.45) is 0. The Bertz CT molecular complexity index is 1380. The van der Waals surface area contributed by atoms with Crippen LogP contribution in [0.1, 0.15) is 18.2 Å². The molecule has 1 N–H and O–H groups in total. The predicted molar refractivity (Wildman–Crippen MR) is 124 cm³/mol. The first-order chi connectivity index (χ1) is 15.8. The van der Waals surface area contributed by atoms with Crippen molar-refractivity contribution in [2.45, 2.75) is 31.2 Å². The zero-order chi connectivity index (χ0) is 23.7. The lowest BCUT2D eigenvalue weighted by Gasteiger charge is -2.12. The number of para-hydroxylation sites is 1. The van der Waals surface area contributed by atoms with Crippen molar-refractivity contribution in [1.29, 1.82) is 0 Å². The van der Waals surface area contributed by atoms with E-state index in [0.29, 0.717) is 33.5 Å². The number of amides is 1. The molecule has 0 fully saturated rings. The third-order valence-electron chi connectivity index (χ3n) is 5.27. The van der Waals surface area contributed by atoms with Gasteiger partial charge in [0.2, 0.25) is 11.1 Å². The number of carbonyl (C=O) groups is 1. The summed E-state index contributed by atoms with van der Waals surface area (Å²) in [5.41, 5.74) is 2.23. The van der Waals surface area contributed by atoms with Crippen LogP contribution in [-0.2, 0) is 11.8 Å². The lowest BCUT2D eigenvalue weighted by Crippen LogP contribution is -2.24. The number of nitrogens with zero attached hydrogens (tertiary/aromatic N) is 6. The van der Waals surface area contributed by atoms with E-state index < -0.39 is 11.1 Å². The fraction of sp³-hybridized carbons (Fsp3) is 0.227. The molecular formula is C22H22FN7O2S. The molecule has 0 radical (unpaired) electrons. The van der Waals surface area contributed by atoms with Gasteiger partial charge in [0.1, 0.15) is 5.82 Å². The number of anilines is 1. The first kappa shape index (κ1) is 22.5. The topological polar surface area (TPSA) is 99.6 Å². The number of carbonyl (C=O) groups excluding carboxylic acids is 1. The predicted octanol–water partition coefficient (Wildman–Crippen LogP) is 3.03. The van der Waals surface area contributed by atoms with Gasteiger partial charge in [-0.25, -0.2) is 9.07 Å². The second-order valence-electron chi connectivity index (χ2n) is 7.50. The second-order valence-corrected chi connectivity index (χ2v) is 8.80. The van der Waals surface area contributed by atoms with Crippen molar-refractivity contribution >= 4 is 23.4 Å². The van der Waals surface area contributed by atoms with E-state index in [0.717, 1.165) is 11.8 Å². The minimum atomic E-state index is -0.612. The maximum absolute atomic E-state index is 13.8. The monoisotopic (exact) mass is 467 g/mol. The van der Waals surface area contributed by atoms with Crippen LogP contribution in [0.3, 0.4) is 0 Å². The third kappa shape index (κ3) is 4.31. The molecule has 2 heterocycles. The Morgan fingerprint density at radius 2 is 1.88 bits per heavy atom. The van der Waals surface area contributed by atoms with Crippen molar-refractivity contribution in [3.05, 3.63) is 76.0 Å². The molecule has 2 aromatic carbocycles. The highest BCUT2D eigenvalue weighted by Crippen LogP contribution is 2.25. The SMILES string of the molecule is Cc1ccc(NC(=O)C(C)Sc2nnnn2-c2c(C)n(C)n(-c3ccccc3)c2=O)cc1F. The van der Waals surface area contributed by atoms with Crippen molar-refractivity contribution in [1.82, 2.24) is 29.6 Å². The number of halogens is 1. The maximum Gasteiger partial charge on any atom is 0.297 e. The molecule has 1 atom stereocenters. The molecule has 4 aromatic rings. The largest absolute Gasteiger partial charge is 0.325 e. The van der Waals surface area contributed by atoms with Gasteiger partial charge in [0.15, 0.2) is 5.69 Å². The Morgan fingerprint density at radius 1 is 1.15 bits per heavy atom. The van der Waals surface area contributed by atoms with E-state index in [1.807, 2.05) is 30.3 Å². The first-order valence-electron chi connectivity index (χ1n) is 10.1. The molecule has 9 nitrogen and oxygen atoms in total. The van der Waals surface area contributed by atoms with Crippen LogP contribution in [0.5, 0.6) is 0 Å².